The Morgan fingerprint density at radius 3 is 2.63 bits per heavy atom. The summed E-state index contributed by atoms with van der Waals surface area (Å²) in [4.78, 5) is 23.1. The molecule has 0 saturated heterocycles. The van der Waals surface area contributed by atoms with Crippen LogP contribution in [0.4, 0.5) is 15.8 Å². The van der Waals surface area contributed by atoms with Gasteiger partial charge in [0.05, 0.1) is 17.6 Å². The standard InChI is InChI=1S/C22H26FN3O4/c1-14-6-9-17(12-21(14)30-2)25-22(27)15-7-10-16(11-8-15)24-13-18-19(23)4-3-5-20(18)26(28)29/h3-6,9,12,15-16,24H,7-8,10-11,13H2,1-2H3,(H,25,27). The van der Waals surface area contributed by atoms with E-state index in [1.807, 2.05) is 25.1 Å². The van der Waals surface area contributed by atoms with Gasteiger partial charge >= 0.3 is 0 Å². The number of carbonyl (C=O) groups excluding carboxylic acids is 1. The fourth-order valence-electron chi connectivity index (χ4n) is 3.84. The first-order chi connectivity index (χ1) is 14.4. The second kappa shape index (κ2) is 9.67. The molecule has 1 saturated carbocycles. The Bertz CT molecular complexity index is 927. The van der Waals surface area contributed by atoms with Gasteiger partial charge in [0.2, 0.25) is 5.91 Å². The minimum Gasteiger partial charge on any atom is -0.496 e. The van der Waals surface area contributed by atoms with Gasteiger partial charge in [0, 0.05) is 36.3 Å². The molecule has 8 heteroatoms. The minimum absolute atomic E-state index is 0.0240. The van der Waals surface area contributed by atoms with Gasteiger partial charge < -0.3 is 15.4 Å². The summed E-state index contributed by atoms with van der Waals surface area (Å²) in [5.41, 5.74) is 1.55. The Hall–Kier alpha value is -3.00. The molecule has 0 radical (unpaired) electrons. The summed E-state index contributed by atoms with van der Waals surface area (Å²) in [6.07, 6.45) is 2.90. The molecular formula is C22H26FN3O4. The molecular weight excluding hydrogens is 389 g/mol. The molecule has 1 aliphatic carbocycles. The third-order valence-corrected chi connectivity index (χ3v) is 5.63. The fourth-order valence-corrected chi connectivity index (χ4v) is 3.84. The number of benzene rings is 2. The molecule has 1 aliphatic rings. The smallest absolute Gasteiger partial charge is 0.276 e. The molecule has 7 nitrogen and oxygen atoms in total. The highest BCUT2D eigenvalue weighted by atomic mass is 19.1. The quantitative estimate of drug-likeness (QED) is 0.518. The van der Waals surface area contributed by atoms with Gasteiger partial charge in [-0.1, -0.05) is 12.1 Å². The molecule has 0 heterocycles. The molecule has 160 valence electrons. The van der Waals surface area contributed by atoms with Crippen LogP contribution < -0.4 is 15.4 Å². The minimum atomic E-state index is -0.585. The number of nitrogens with one attached hydrogen (secondary N) is 2. The highest BCUT2D eigenvalue weighted by Gasteiger charge is 2.27. The molecule has 0 unspecified atom stereocenters. The molecule has 3 rings (SSSR count). The maximum atomic E-state index is 14.0. The van der Waals surface area contributed by atoms with Crippen molar-refractivity contribution in [3.05, 3.63) is 63.5 Å². The van der Waals surface area contributed by atoms with Gasteiger partial charge in [0.25, 0.3) is 5.69 Å². The van der Waals surface area contributed by atoms with Crippen molar-refractivity contribution in [2.45, 2.75) is 45.2 Å². The van der Waals surface area contributed by atoms with Crippen LogP contribution in [0.25, 0.3) is 0 Å². The Morgan fingerprint density at radius 1 is 1.23 bits per heavy atom. The van der Waals surface area contributed by atoms with E-state index in [9.17, 15) is 19.3 Å². The zero-order chi connectivity index (χ0) is 21.7. The lowest BCUT2D eigenvalue weighted by atomic mass is 9.85. The van der Waals surface area contributed by atoms with Gasteiger partial charge in [-0.2, -0.15) is 0 Å². The highest BCUT2D eigenvalue weighted by Crippen LogP contribution is 2.28. The number of methoxy groups -OCH3 is 1. The zero-order valence-corrected chi connectivity index (χ0v) is 17.1. The van der Waals surface area contributed by atoms with E-state index in [0.29, 0.717) is 18.5 Å². The topological polar surface area (TPSA) is 93.5 Å². The molecule has 2 aromatic rings. The van der Waals surface area contributed by atoms with Crippen LogP contribution >= 0.6 is 0 Å². The molecule has 2 aromatic carbocycles. The maximum absolute atomic E-state index is 14.0. The number of ether oxygens (including phenoxy) is 1. The first-order valence-electron chi connectivity index (χ1n) is 9.99. The monoisotopic (exact) mass is 415 g/mol. The number of rotatable bonds is 7. The molecule has 0 aliphatic heterocycles. The Balaban J connectivity index is 1.52. The van der Waals surface area contributed by atoms with Gasteiger partial charge in [-0.15, -0.1) is 0 Å². The van der Waals surface area contributed by atoms with Gasteiger partial charge in [-0.05, 0) is 50.3 Å². The van der Waals surface area contributed by atoms with Gasteiger partial charge in [0.1, 0.15) is 11.6 Å². The number of nitro benzene ring substituents is 1. The van der Waals surface area contributed by atoms with Crippen LogP contribution in [-0.4, -0.2) is 24.0 Å². The summed E-state index contributed by atoms with van der Waals surface area (Å²) < 4.78 is 19.3. The van der Waals surface area contributed by atoms with E-state index in [4.69, 9.17) is 4.74 Å². The predicted octanol–water partition coefficient (Wildman–Crippen LogP) is 4.34. The summed E-state index contributed by atoms with van der Waals surface area (Å²) in [5.74, 6) is 0.0171. The van der Waals surface area contributed by atoms with Crippen molar-refractivity contribution in [2.24, 2.45) is 5.92 Å². The van der Waals surface area contributed by atoms with Crippen molar-refractivity contribution in [3.63, 3.8) is 0 Å². The SMILES string of the molecule is COc1cc(NC(=O)C2CCC(NCc3c(F)cccc3[N+](=O)[O-])CC2)ccc1C. The van der Waals surface area contributed by atoms with Crippen molar-refractivity contribution in [1.29, 1.82) is 0 Å². The maximum Gasteiger partial charge on any atom is 0.276 e. The van der Waals surface area contributed by atoms with Crippen LogP contribution in [0, 0.1) is 28.8 Å². The summed E-state index contributed by atoms with van der Waals surface area (Å²) in [5, 5.41) is 17.3. The fraction of sp³-hybridized carbons (Fsp3) is 0.409. The van der Waals surface area contributed by atoms with E-state index in [1.54, 1.807) is 7.11 Å². The highest BCUT2D eigenvalue weighted by molar-refractivity contribution is 5.92. The molecule has 1 fully saturated rings. The number of aryl methyl sites for hydroxylation is 1. The van der Waals surface area contributed by atoms with E-state index in [0.717, 1.165) is 24.2 Å². The molecule has 2 N–H and O–H groups in total. The van der Waals surface area contributed by atoms with Crippen LogP contribution in [0.15, 0.2) is 36.4 Å². The number of nitrogens with zero attached hydrogens (tertiary/aromatic N) is 1. The number of carbonyl (C=O) groups is 1. The molecule has 0 bridgehead atoms. The lowest BCUT2D eigenvalue weighted by Gasteiger charge is -2.28. The number of hydrogen-bond acceptors (Lipinski definition) is 5. The first kappa shape index (κ1) is 21.7. The molecule has 30 heavy (non-hydrogen) atoms. The second-order valence-corrected chi connectivity index (χ2v) is 7.60. The number of anilines is 1. The van der Waals surface area contributed by atoms with Crippen molar-refractivity contribution in [3.8, 4) is 5.75 Å². The van der Waals surface area contributed by atoms with E-state index in [2.05, 4.69) is 10.6 Å². The molecule has 1 amide bonds. The van der Waals surface area contributed by atoms with Gasteiger partial charge in [-0.25, -0.2) is 4.39 Å². The zero-order valence-electron chi connectivity index (χ0n) is 17.1. The molecule has 0 spiro atoms. The van der Waals surface area contributed by atoms with Crippen molar-refractivity contribution >= 4 is 17.3 Å². The van der Waals surface area contributed by atoms with Crippen LogP contribution in [0.1, 0.15) is 36.8 Å². The number of hydrogen-bond donors (Lipinski definition) is 2. The van der Waals surface area contributed by atoms with Crippen LogP contribution in [0.5, 0.6) is 5.75 Å². The normalized spacial score (nSPS) is 18.6. The number of nitro groups is 1. The Morgan fingerprint density at radius 2 is 1.97 bits per heavy atom. The van der Waals surface area contributed by atoms with Crippen molar-refractivity contribution in [1.82, 2.24) is 5.32 Å². The van der Waals surface area contributed by atoms with E-state index < -0.39 is 10.7 Å². The third kappa shape index (κ3) is 5.13. The van der Waals surface area contributed by atoms with E-state index >= 15 is 0 Å². The lowest BCUT2D eigenvalue weighted by Crippen LogP contribution is -2.36. The number of amides is 1. The van der Waals surface area contributed by atoms with E-state index in [1.165, 1.54) is 18.2 Å². The van der Waals surface area contributed by atoms with Crippen molar-refractivity contribution in [2.75, 3.05) is 12.4 Å². The van der Waals surface area contributed by atoms with Crippen LogP contribution in [0.2, 0.25) is 0 Å². The summed E-state index contributed by atoms with van der Waals surface area (Å²) in [6, 6.07) is 9.52. The lowest BCUT2D eigenvalue weighted by molar-refractivity contribution is -0.385. The van der Waals surface area contributed by atoms with E-state index in [-0.39, 0.29) is 35.7 Å². The van der Waals surface area contributed by atoms with Gasteiger partial charge in [-0.3, -0.25) is 14.9 Å². The Kier molecular flexibility index (Phi) is 6.99. The Labute approximate surface area is 174 Å². The molecule has 0 atom stereocenters. The summed E-state index contributed by atoms with van der Waals surface area (Å²) >= 11 is 0. The summed E-state index contributed by atoms with van der Waals surface area (Å²) in [6.45, 7) is 2.03. The second-order valence-electron chi connectivity index (χ2n) is 7.60. The van der Waals surface area contributed by atoms with Crippen molar-refractivity contribution < 1.29 is 18.8 Å². The third-order valence-electron chi connectivity index (χ3n) is 5.63. The molecule has 0 aromatic heterocycles. The van der Waals surface area contributed by atoms with Gasteiger partial charge in [0.15, 0.2) is 0 Å². The number of halogens is 1. The van der Waals surface area contributed by atoms with Crippen LogP contribution in [0.3, 0.4) is 0 Å². The summed E-state index contributed by atoms with van der Waals surface area (Å²) in [7, 11) is 1.60. The largest absolute Gasteiger partial charge is 0.496 e. The predicted molar refractivity (Wildman–Crippen MR) is 112 cm³/mol. The van der Waals surface area contributed by atoms with Crippen LogP contribution in [-0.2, 0) is 11.3 Å². The average molecular weight is 415 g/mol. The average Bonchev–Trinajstić information content (AvgIpc) is 2.74. The first-order valence-corrected chi connectivity index (χ1v) is 9.99.